The lowest BCUT2D eigenvalue weighted by molar-refractivity contribution is -0.133. The van der Waals surface area contributed by atoms with E-state index in [1.807, 2.05) is 29.2 Å². The van der Waals surface area contributed by atoms with Crippen LogP contribution < -0.4 is 5.32 Å². The average Bonchev–Trinajstić information content (AvgIpc) is 2.32. The van der Waals surface area contributed by atoms with E-state index >= 15 is 0 Å². The van der Waals surface area contributed by atoms with Gasteiger partial charge in [0.2, 0.25) is 5.91 Å². The fraction of sp³-hybridized carbons (Fsp3) is 0.500. The van der Waals surface area contributed by atoms with Gasteiger partial charge in [0.15, 0.2) is 0 Å². The number of nitrogens with one attached hydrogen (secondary N) is 1. The predicted octanol–water partition coefficient (Wildman–Crippen LogP) is 2.62. The Kier molecular flexibility index (Phi) is 6.30. The van der Waals surface area contributed by atoms with Crippen LogP contribution in [-0.2, 0) is 11.2 Å². The number of hydrogen-bond donors (Lipinski definition) is 1. The van der Waals surface area contributed by atoms with Crippen LogP contribution in [0, 0.1) is 0 Å². The molecule has 0 aliphatic carbocycles. The molecule has 1 aromatic rings. The molecule has 19 heavy (non-hydrogen) atoms. The molecular weight excluding hydrogens is 328 g/mol. The third-order valence-electron chi connectivity index (χ3n) is 3.33. The number of hydrogen-bond acceptors (Lipinski definition) is 2. The van der Waals surface area contributed by atoms with E-state index in [-0.39, 0.29) is 24.4 Å². The van der Waals surface area contributed by atoms with Crippen LogP contribution in [0.3, 0.4) is 0 Å². The molecular formula is C14H20BrClN2O. The third-order valence-corrected chi connectivity index (χ3v) is 3.82. The summed E-state index contributed by atoms with van der Waals surface area (Å²) in [4.78, 5) is 14.3. The average molecular weight is 348 g/mol. The molecule has 0 aromatic heterocycles. The number of nitrogens with zero attached hydrogens (tertiary/aromatic N) is 1. The molecule has 3 nitrogen and oxygen atoms in total. The summed E-state index contributed by atoms with van der Waals surface area (Å²) in [5.41, 5.74) is 1.06. The SMILES string of the molecule is CC1CN(C(=O)Cc2cccc(Br)c2)C(C)CN1.Cl. The normalized spacial score (nSPS) is 22.8. The molecule has 1 saturated heterocycles. The minimum Gasteiger partial charge on any atom is -0.337 e. The van der Waals surface area contributed by atoms with Crippen molar-refractivity contribution in [2.45, 2.75) is 32.4 Å². The van der Waals surface area contributed by atoms with Gasteiger partial charge in [-0.2, -0.15) is 0 Å². The highest BCUT2D eigenvalue weighted by molar-refractivity contribution is 9.10. The molecule has 106 valence electrons. The molecule has 0 saturated carbocycles. The van der Waals surface area contributed by atoms with Crippen LogP contribution in [0.1, 0.15) is 19.4 Å². The van der Waals surface area contributed by atoms with Crippen molar-refractivity contribution < 1.29 is 4.79 Å². The van der Waals surface area contributed by atoms with Crippen molar-refractivity contribution in [2.24, 2.45) is 0 Å². The quantitative estimate of drug-likeness (QED) is 0.892. The van der Waals surface area contributed by atoms with Crippen molar-refractivity contribution in [3.05, 3.63) is 34.3 Å². The Morgan fingerprint density at radius 3 is 2.89 bits per heavy atom. The Balaban J connectivity index is 0.00000180. The van der Waals surface area contributed by atoms with E-state index in [4.69, 9.17) is 0 Å². The molecule has 1 N–H and O–H groups in total. The molecule has 1 aliphatic rings. The number of carbonyl (C=O) groups excluding carboxylic acids is 1. The Hall–Kier alpha value is -0.580. The van der Waals surface area contributed by atoms with Gasteiger partial charge in [-0.3, -0.25) is 4.79 Å². The first-order valence-electron chi connectivity index (χ1n) is 6.33. The maximum atomic E-state index is 12.3. The van der Waals surface area contributed by atoms with Crippen LogP contribution in [0.15, 0.2) is 28.7 Å². The van der Waals surface area contributed by atoms with Gasteiger partial charge < -0.3 is 10.2 Å². The number of amides is 1. The van der Waals surface area contributed by atoms with Crippen molar-refractivity contribution in [3.63, 3.8) is 0 Å². The largest absolute Gasteiger partial charge is 0.337 e. The predicted molar refractivity (Wildman–Crippen MR) is 83.7 cm³/mol. The Morgan fingerprint density at radius 2 is 2.21 bits per heavy atom. The highest BCUT2D eigenvalue weighted by Crippen LogP contribution is 2.14. The number of halogens is 2. The van der Waals surface area contributed by atoms with E-state index in [0.717, 1.165) is 23.1 Å². The Bertz CT molecular complexity index is 441. The van der Waals surface area contributed by atoms with Crippen molar-refractivity contribution in [1.29, 1.82) is 0 Å². The first-order chi connectivity index (χ1) is 8.56. The second kappa shape index (κ2) is 7.27. The summed E-state index contributed by atoms with van der Waals surface area (Å²) >= 11 is 3.43. The van der Waals surface area contributed by atoms with E-state index < -0.39 is 0 Å². The maximum Gasteiger partial charge on any atom is 0.227 e. The summed E-state index contributed by atoms with van der Waals surface area (Å²) in [7, 11) is 0. The number of rotatable bonds is 2. The second-order valence-electron chi connectivity index (χ2n) is 5.01. The van der Waals surface area contributed by atoms with Crippen molar-refractivity contribution in [3.8, 4) is 0 Å². The lowest BCUT2D eigenvalue weighted by atomic mass is 10.1. The summed E-state index contributed by atoms with van der Waals surface area (Å²) in [5.74, 6) is 0.217. The molecule has 1 aromatic carbocycles. The van der Waals surface area contributed by atoms with Gasteiger partial charge in [-0.15, -0.1) is 12.4 Å². The van der Waals surface area contributed by atoms with Crippen LogP contribution >= 0.6 is 28.3 Å². The number of piperazine rings is 1. The fourth-order valence-corrected chi connectivity index (χ4v) is 2.74. The van der Waals surface area contributed by atoms with Crippen molar-refractivity contribution in [1.82, 2.24) is 10.2 Å². The maximum absolute atomic E-state index is 12.3. The van der Waals surface area contributed by atoms with E-state index in [1.165, 1.54) is 0 Å². The van der Waals surface area contributed by atoms with Crippen molar-refractivity contribution in [2.75, 3.05) is 13.1 Å². The van der Waals surface area contributed by atoms with Gasteiger partial charge in [0.05, 0.1) is 6.42 Å². The molecule has 2 unspecified atom stereocenters. The molecule has 2 atom stereocenters. The van der Waals surface area contributed by atoms with Gasteiger partial charge in [0.1, 0.15) is 0 Å². The second-order valence-corrected chi connectivity index (χ2v) is 5.93. The van der Waals surface area contributed by atoms with Gasteiger partial charge in [-0.1, -0.05) is 28.1 Å². The van der Waals surface area contributed by atoms with E-state index in [0.29, 0.717) is 12.5 Å². The smallest absolute Gasteiger partial charge is 0.227 e. The first kappa shape index (κ1) is 16.5. The van der Waals surface area contributed by atoms with Crippen LogP contribution in [0.4, 0.5) is 0 Å². The van der Waals surface area contributed by atoms with Crippen LogP contribution in [0.2, 0.25) is 0 Å². The minimum atomic E-state index is 0. The molecule has 1 amide bonds. The third kappa shape index (κ3) is 4.48. The molecule has 1 heterocycles. The van der Waals surface area contributed by atoms with E-state index in [1.54, 1.807) is 0 Å². The van der Waals surface area contributed by atoms with Gasteiger partial charge >= 0.3 is 0 Å². The molecule has 1 aliphatic heterocycles. The first-order valence-corrected chi connectivity index (χ1v) is 7.13. The molecule has 0 spiro atoms. The zero-order valence-corrected chi connectivity index (χ0v) is 13.6. The zero-order valence-electron chi connectivity index (χ0n) is 11.2. The summed E-state index contributed by atoms with van der Waals surface area (Å²) in [6.45, 7) is 5.89. The zero-order chi connectivity index (χ0) is 13.1. The highest BCUT2D eigenvalue weighted by Gasteiger charge is 2.26. The molecule has 0 bridgehead atoms. The topological polar surface area (TPSA) is 32.3 Å². The van der Waals surface area contributed by atoms with Gasteiger partial charge in [-0.05, 0) is 31.5 Å². The standard InChI is InChI=1S/C14H19BrN2O.ClH/c1-10-9-17(11(2)8-16-10)14(18)7-12-4-3-5-13(15)6-12;/h3-6,10-11,16H,7-9H2,1-2H3;1H. The summed E-state index contributed by atoms with van der Waals surface area (Å²) < 4.78 is 1.02. The Labute approximate surface area is 129 Å². The van der Waals surface area contributed by atoms with Crippen molar-refractivity contribution >= 4 is 34.2 Å². The summed E-state index contributed by atoms with van der Waals surface area (Å²) in [6.07, 6.45) is 0.483. The summed E-state index contributed by atoms with van der Waals surface area (Å²) in [5, 5.41) is 3.39. The van der Waals surface area contributed by atoms with Crippen LogP contribution in [0.5, 0.6) is 0 Å². The number of carbonyl (C=O) groups is 1. The van der Waals surface area contributed by atoms with Gasteiger partial charge in [0, 0.05) is 29.6 Å². The fourth-order valence-electron chi connectivity index (χ4n) is 2.29. The molecule has 0 radical (unpaired) electrons. The van der Waals surface area contributed by atoms with Gasteiger partial charge in [0.25, 0.3) is 0 Å². The molecule has 5 heteroatoms. The highest BCUT2D eigenvalue weighted by atomic mass is 79.9. The van der Waals surface area contributed by atoms with Crippen LogP contribution in [-0.4, -0.2) is 36.0 Å². The molecule has 1 fully saturated rings. The number of benzene rings is 1. The minimum absolute atomic E-state index is 0. The summed E-state index contributed by atoms with van der Waals surface area (Å²) in [6, 6.07) is 8.61. The Morgan fingerprint density at radius 1 is 1.47 bits per heavy atom. The lowest BCUT2D eigenvalue weighted by Gasteiger charge is -2.37. The van der Waals surface area contributed by atoms with Gasteiger partial charge in [-0.25, -0.2) is 0 Å². The lowest BCUT2D eigenvalue weighted by Crippen LogP contribution is -2.56. The monoisotopic (exact) mass is 346 g/mol. The molecule has 2 rings (SSSR count). The van der Waals surface area contributed by atoms with Crippen LogP contribution in [0.25, 0.3) is 0 Å². The van der Waals surface area contributed by atoms with E-state index in [2.05, 4.69) is 35.1 Å². The van der Waals surface area contributed by atoms with E-state index in [9.17, 15) is 4.79 Å².